The summed E-state index contributed by atoms with van der Waals surface area (Å²) in [5, 5.41) is 14.4. The van der Waals surface area contributed by atoms with Crippen molar-refractivity contribution < 1.29 is 4.79 Å². The van der Waals surface area contributed by atoms with Crippen LogP contribution in [0.25, 0.3) is 22.2 Å². The van der Waals surface area contributed by atoms with Gasteiger partial charge in [0.2, 0.25) is 6.41 Å². The fraction of sp³-hybridized carbons (Fsp3) is 0.227. The molecule has 5 nitrogen and oxygen atoms in total. The zero-order valence-corrected chi connectivity index (χ0v) is 15.5. The Bertz CT molecular complexity index is 938. The summed E-state index contributed by atoms with van der Waals surface area (Å²) < 4.78 is 0. The molecule has 1 heterocycles. The van der Waals surface area contributed by atoms with Crippen molar-refractivity contribution in [3.63, 3.8) is 0 Å². The second-order valence-electron chi connectivity index (χ2n) is 6.42. The van der Waals surface area contributed by atoms with Crippen LogP contribution in [0.15, 0.2) is 54.6 Å². The largest absolute Gasteiger partial charge is 0.325 e. The van der Waals surface area contributed by atoms with Crippen LogP contribution in [0, 0.1) is 5.41 Å². The van der Waals surface area contributed by atoms with Gasteiger partial charge < -0.3 is 5.32 Å². The third-order valence-corrected chi connectivity index (χ3v) is 4.52. The van der Waals surface area contributed by atoms with Gasteiger partial charge in [0.05, 0.1) is 16.9 Å². The average molecular weight is 360 g/mol. The number of nitrogens with zero attached hydrogens (tertiary/aromatic N) is 1. The van der Waals surface area contributed by atoms with Crippen LogP contribution in [0.1, 0.15) is 31.7 Å². The van der Waals surface area contributed by atoms with E-state index in [1.807, 2.05) is 42.5 Å². The highest BCUT2D eigenvalue weighted by Crippen LogP contribution is 2.35. The minimum absolute atomic E-state index is 0.0443. The van der Waals surface area contributed by atoms with Gasteiger partial charge in [0.15, 0.2) is 5.96 Å². The maximum Gasteiger partial charge on any atom is 0.213 e. The molecule has 1 aromatic heterocycles. The van der Waals surface area contributed by atoms with Crippen LogP contribution in [-0.2, 0) is 11.2 Å². The monoisotopic (exact) mass is 360 g/mol. The van der Waals surface area contributed by atoms with Crippen molar-refractivity contribution in [2.75, 3.05) is 5.32 Å². The summed E-state index contributed by atoms with van der Waals surface area (Å²) in [6.07, 6.45) is 4.66. The lowest BCUT2D eigenvalue weighted by Crippen LogP contribution is -2.28. The molecule has 2 aromatic carbocycles. The average Bonchev–Trinajstić information content (AvgIpc) is 2.70. The zero-order valence-electron chi connectivity index (χ0n) is 15.5. The van der Waals surface area contributed by atoms with E-state index in [-0.39, 0.29) is 5.96 Å². The SMILES string of the molecule is CCCCCc1c(-c2ccccc2)nc2ccccc2c1NC(=N)NC=O. The van der Waals surface area contributed by atoms with Gasteiger partial charge in [-0.05, 0) is 18.9 Å². The molecule has 0 spiro atoms. The van der Waals surface area contributed by atoms with E-state index in [9.17, 15) is 4.79 Å². The number of hydrogen-bond donors (Lipinski definition) is 3. The number of nitrogens with one attached hydrogen (secondary N) is 3. The highest BCUT2D eigenvalue weighted by molar-refractivity contribution is 6.06. The van der Waals surface area contributed by atoms with Crippen LogP contribution in [0.4, 0.5) is 5.69 Å². The number of rotatable bonds is 7. The maximum atomic E-state index is 10.7. The lowest BCUT2D eigenvalue weighted by Gasteiger charge is -2.19. The van der Waals surface area contributed by atoms with Gasteiger partial charge in [-0.3, -0.25) is 15.5 Å². The lowest BCUT2D eigenvalue weighted by molar-refractivity contribution is -0.108. The van der Waals surface area contributed by atoms with Gasteiger partial charge in [0.25, 0.3) is 0 Å². The predicted octanol–water partition coefficient (Wildman–Crippen LogP) is 4.73. The first-order chi connectivity index (χ1) is 13.2. The van der Waals surface area contributed by atoms with E-state index in [1.165, 1.54) is 0 Å². The number of carbonyl (C=O) groups is 1. The molecule has 0 atom stereocenters. The van der Waals surface area contributed by atoms with Gasteiger partial charge in [-0.15, -0.1) is 0 Å². The summed E-state index contributed by atoms with van der Waals surface area (Å²) in [6.45, 7) is 2.18. The zero-order chi connectivity index (χ0) is 19.1. The first kappa shape index (κ1) is 18.6. The van der Waals surface area contributed by atoms with E-state index < -0.39 is 0 Å². The standard InChI is InChI=1S/C22H24N4O/c1-2-3-5-13-18-20(16-10-6-4-7-11-16)25-19-14-9-8-12-17(19)21(18)26-22(23)24-15-27/h4,6-12,14-15H,2-3,5,13H2,1H3,(H3,23,24,25,26,27). The topological polar surface area (TPSA) is 77.9 Å². The van der Waals surface area contributed by atoms with Gasteiger partial charge in [0.1, 0.15) is 0 Å². The Hall–Kier alpha value is -3.21. The molecule has 3 aromatic rings. The molecule has 0 saturated heterocycles. The first-order valence-electron chi connectivity index (χ1n) is 9.27. The van der Waals surface area contributed by atoms with Gasteiger partial charge in [-0.2, -0.15) is 0 Å². The molecule has 0 aliphatic heterocycles. The van der Waals surface area contributed by atoms with Gasteiger partial charge in [-0.25, -0.2) is 4.98 Å². The number of benzene rings is 2. The summed E-state index contributed by atoms with van der Waals surface area (Å²) in [5.41, 5.74) is 4.75. The Kier molecular flexibility index (Phi) is 6.15. The smallest absolute Gasteiger partial charge is 0.213 e. The van der Waals surface area contributed by atoms with Crippen molar-refractivity contribution in [3.8, 4) is 11.3 Å². The Morgan fingerprint density at radius 3 is 2.56 bits per heavy atom. The second-order valence-corrected chi connectivity index (χ2v) is 6.42. The fourth-order valence-corrected chi connectivity index (χ4v) is 3.24. The number of carbonyl (C=O) groups excluding carboxylic acids is 1. The number of hydrogen-bond acceptors (Lipinski definition) is 3. The molecular formula is C22H24N4O. The predicted molar refractivity (Wildman–Crippen MR) is 111 cm³/mol. The molecule has 0 bridgehead atoms. The Morgan fingerprint density at radius 1 is 1.07 bits per heavy atom. The number of anilines is 1. The molecule has 138 valence electrons. The number of fused-ring (bicyclic) bond motifs is 1. The highest BCUT2D eigenvalue weighted by atomic mass is 16.1. The van der Waals surface area contributed by atoms with Crippen molar-refractivity contribution in [3.05, 3.63) is 60.2 Å². The molecule has 0 aliphatic carbocycles. The summed E-state index contributed by atoms with van der Waals surface area (Å²) >= 11 is 0. The minimum atomic E-state index is -0.0443. The summed E-state index contributed by atoms with van der Waals surface area (Å²) in [7, 11) is 0. The van der Waals surface area contributed by atoms with Crippen LogP contribution in [0.3, 0.4) is 0 Å². The van der Waals surface area contributed by atoms with Gasteiger partial charge in [0, 0.05) is 16.5 Å². The van der Waals surface area contributed by atoms with Crippen LogP contribution in [0.2, 0.25) is 0 Å². The molecule has 0 unspecified atom stereocenters. The van der Waals surface area contributed by atoms with Crippen molar-refractivity contribution in [1.29, 1.82) is 5.41 Å². The molecule has 27 heavy (non-hydrogen) atoms. The molecule has 0 radical (unpaired) electrons. The molecule has 0 aliphatic rings. The second kappa shape index (κ2) is 8.94. The lowest BCUT2D eigenvalue weighted by atomic mass is 9.96. The van der Waals surface area contributed by atoms with Crippen molar-refractivity contribution in [1.82, 2.24) is 10.3 Å². The van der Waals surface area contributed by atoms with Crippen molar-refractivity contribution >= 4 is 29.0 Å². The highest BCUT2D eigenvalue weighted by Gasteiger charge is 2.17. The molecule has 1 amide bonds. The van der Waals surface area contributed by atoms with Crippen LogP contribution in [0.5, 0.6) is 0 Å². The van der Waals surface area contributed by atoms with Gasteiger partial charge >= 0.3 is 0 Å². The molecular weight excluding hydrogens is 336 g/mol. The van der Waals surface area contributed by atoms with Crippen LogP contribution >= 0.6 is 0 Å². The van der Waals surface area contributed by atoms with E-state index in [0.29, 0.717) is 6.41 Å². The number of unbranched alkanes of at least 4 members (excludes halogenated alkanes) is 2. The molecule has 3 rings (SSSR count). The van der Waals surface area contributed by atoms with E-state index in [1.54, 1.807) is 0 Å². The van der Waals surface area contributed by atoms with E-state index >= 15 is 0 Å². The molecule has 0 saturated carbocycles. The van der Waals surface area contributed by atoms with Gasteiger partial charge in [-0.1, -0.05) is 68.3 Å². The number of pyridine rings is 1. The molecule has 3 N–H and O–H groups in total. The molecule has 0 fully saturated rings. The number of guanidine groups is 1. The normalized spacial score (nSPS) is 10.6. The summed E-state index contributed by atoms with van der Waals surface area (Å²) in [4.78, 5) is 15.7. The quantitative estimate of drug-likeness (QED) is 0.247. The number of para-hydroxylation sites is 1. The molecule has 5 heteroatoms. The van der Waals surface area contributed by atoms with E-state index in [4.69, 9.17) is 10.4 Å². The number of amides is 1. The van der Waals surface area contributed by atoms with Crippen molar-refractivity contribution in [2.24, 2.45) is 0 Å². The van der Waals surface area contributed by atoms with E-state index in [2.05, 4.69) is 29.7 Å². The van der Waals surface area contributed by atoms with Crippen LogP contribution < -0.4 is 10.6 Å². The Labute approximate surface area is 159 Å². The third-order valence-electron chi connectivity index (χ3n) is 4.52. The number of aromatic nitrogens is 1. The van der Waals surface area contributed by atoms with E-state index in [0.717, 1.165) is 59.1 Å². The third kappa shape index (κ3) is 4.31. The summed E-state index contributed by atoms with van der Waals surface area (Å²) in [5.74, 6) is -0.0443. The maximum absolute atomic E-state index is 10.7. The first-order valence-corrected chi connectivity index (χ1v) is 9.27. The minimum Gasteiger partial charge on any atom is -0.325 e. The fourth-order valence-electron chi connectivity index (χ4n) is 3.24. The summed E-state index contributed by atoms with van der Waals surface area (Å²) in [6, 6.07) is 18.0. The van der Waals surface area contributed by atoms with Crippen molar-refractivity contribution in [2.45, 2.75) is 32.6 Å². The Balaban J connectivity index is 2.20. The Morgan fingerprint density at radius 2 is 1.81 bits per heavy atom. The van der Waals surface area contributed by atoms with Crippen LogP contribution in [-0.4, -0.2) is 17.4 Å².